The van der Waals surface area contributed by atoms with Gasteiger partial charge in [-0.1, -0.05) is 0 Å². The highest BCUT2D eigenvalue weighted by Gasteiger charge is 2.27. The van der Waals surface area contributed by atoms with E-state index in [2.05, 4.69) is 15.3 Å². The maximum absolute atomic E-state index is 11.1. The minimum absolute atomic E-state index is 0.108. The Morgan fingerprint density at radius 2 is 2.45 bits per heavy atom. The molecule has 1 atom stereocenters. The molecule has 0 aromatic carbocycles. The Morgan fingerprint density at radius 3 is 3.27 bits per heavy atom. The number of rotatable bonds is 0. The molecule has 0 saturated heterocycles. The lowest BCUT2D eigenvalue weighted by atomic mass is 10.2. The second-order valence-corrected chi connectivity index (χ2v) is 2.53. The average molecular weight is 170 g/mol. The molecule has 0 radical (unpaired) electrons. The molecule has 11 heavy (non-hydrogen) atoms. The van der Waals surface area contributed by atoms with E-state index in [1.165, 1.54) is 0 Å². The van der Waals surface area contributed by atoms with Crippen LogP contribution in [0.5, 0.6) is 0 Å². The number of carbonyl (C=O) groups excluding carboxylic acids is 1. The molecule has 0 saturated carbocycles. The fourth-order valence-corrected chi connectivity index (χ4v) is 1.15. The van der Waals surface area contributed by atoms with Gasteiger partial charge in [0.15, 0.2) is 6.17 Å². The van der Waals surface area contributed by atoms with Crippen molar-refractivity contribution in [3.63, 3.8) is 0 Å². The quantitative estimate of drug-likeness (QED) is 0.512. The third-order valence-corrected chi connectivity index (χ3v) is 1.67. The first-order valence-electron chi connectivity index (χ1n) is 3.05. The molecule has 1 amide bonds. The Kier molecular flexibility index (Phi) is 1.29. The maximum atomic E-state index is 11.1. The van der Waals surface area contributed by atoms with Gasteiger partial charge in [0, 0.05) is 6.21 Å². The van der Waals surface area contributed by atoms with Crippen LogP contribution in [0.1, 0.15) is 0 Å². The summed E-state index contributed by atoms with van der Waals surface area (Å²) < 4.78 is 0. The lowest BCUT2D eigenvalue weighted by molar-refractivity contribution is -0.116. The van der Waals surface area contributed by atoms with E-state index in [0.29, 0.717) is 5.57 Å². The van der Waals surface area contributed by atoms with Gasteiger partial charge in [0.25, 0.3) is 5.91 Å². The summed E-state index contributed by atoms with van der Waals surface area (Å²) in [5.74, 6) is -0.215. The van der Waals surface area contributed by atoms with Gasteiger partial charge >= 0.3 is 0 Å². The van der Waals surface area contributed by atoms with E-state index in [9.17, 15) is 4.79 Å². The topological polar surface area (TPSA) is 53.8 Å². The molecule has 56 valence electrons. The van der Waals surface area contributed by atoms with E-state index in [0.717, 1.165) is 0 Å². The largest absolute Gasteiger partial charge is 0.297 e. The van der Waals surface area contributed by atoms with E-state index in [4.69, 9.17) is 11.6 Å². The van der Waals surface area contributed by atoms with E-state index < -0.39 is 6.17 Å². The molecule has 2 rings (SSSR count). The van der Waals surface area contributed by atoms with Crippen LogP contribution in [0, 0.1) is 0 Å². The first-order chi connectivity index (χ1) is 5.27. The van der Waals surface area contributed by atoms with Gasteiger partial charge < -0.3 is 0 Å². The van der Waals surface area contributed by atoms with Crippen LogP contribution in [0.3, 0.4) is 0 Å². The molecule has 0 aromatic heterocycles. The van der Waals surface area contributed by atoms with Crippen molar-refractivity contribution in [2.75, 3.05) is 0 Å². The number of aliphatic imine (C=N–C) groups is 2. The van der Waals surface area contributed by atoms with Crippen molar-refractivity contribution in [3.05, 3.63) is 11.6 Å². The van der Waals surface area contributed by atoms with Gasteiger partial charge in [0.2, 0.25) is 5.29 Å². The van der Waals surface area contributed by atoms with Crippen LogP contribution in [-0.2, 0) is 4.79 Å². The van der Waals surface area contributed by atoms with Gasteiger partial charge in [-0.15, -0.1) is 0 Å². The first kappa shape index (κ1) is 6.54. The van der Waals surface area contributed by atoms with Gasteiger partial charge in [0.05, 0.1) is 5.57 Å². The van der Waals surface area contributed by atoms with E-state index >= 15 is 0 Å². The van der Waals surface area contributed by atoms with Crippen LogP contribution >= 0.6 is 11.6 Å². The summed E-state index contributed by atoms with van der Waals surface area (Å²) in [4.78, 5) is 18.8. The average Bonchev–Trinajstić information content (AvgIpc) is 2.34. The summed E-state index contributed by atoms with van der Waals surface area (Å²) in [6.45, 7) is 0. The highest BCUT2D eigenvalue weighted by Crippen LogP contribution is 2.16. The van der Waals surface area contributed by atoms with Gasteiger partial charge in [-0.05, 0) is 17.7 Å². The molecule has 0 aliphatic carbocycles. The van der Waals surface area contributed by atoms with Gasteiger partial charge in [-0.2, -0.15) is 0 Å². The molecule has 0 bridgehead atoms. The Morgan fingerprint density at radius 1 is 1.64 bits per heavy atom. The lowest BCUT2D eigenvalue weighted by Crippen LogP contribution is -2.36. The maximum Gasteiger partial charge on any atom is 0.257 e. The Bertz CT molecular complexity index is 305. The number of halogens is 1. The van der Waals surface area contributed by atoms with Crippen molar-refractivity contribution in [2.45, 2.75) is 6.17 Å². The molecule has 2 aliphatic heterocycles. The minimum atomic E-state index is -0.406. The van der Waals surface area contributed by atoms with E-state index in [1.54, 1.807) is 12.3 Å². The van der Waals surface area contributed by atoms with Crippen molar-refractivity contribution in [1.82, 2.24) is 5.32 Å². The number of amides is 1. The molecule has 0 spiro atoms. The van der Waals surface area contributed by atoms with Crippen molar-refractivity contribution in [1.29, 1.82) is 0 Å². The summed E-state index contributed by atoms with van der Waals surface area (Å²) in [5.41, 5.74) is 0.550. The molecule has 0 aromatic rings. The third kappa shape index (κ3) is 0.952. The SMILES string of the molecule is O=C1NC(Cl)=NC2N=CC=C12. The van der Waals surface area contributed by atoms with Crippen LogP contribution in [0.2, 0.25) is 0 Å². The third-order valence-electron chi connectivity index (χ3n) is 1.47. The zero-order valence-electron chi connectivity index (χ0n) is 5.41. The molecular weight excluding hydrogens is 166 g/mol. The molecule has 2 aliphatic rings. The van der Waals surface area contributed by atoms with Gasteiger partial charge in [-0.25, -0.2) is 4.99 Å². The summed E-state index contributed by atoms with van der Waals surface area (Å²) in [6.07, 6.45) is 2.78. The van der Waals surface area contributed by atoms with Crippen LogP contribution in [0.25, 0.3) is 0 Å². The van der Waals surface area contributed by atoms with Gasteiger partial charge in [-0.3, -0.25) is 15.1 Å². The predicted octanol–water partition coefficient (Wildman–Crippen LogP) is 0.0479. The minimum Gasteiger partial charge on any atom is -0.297 e. The van der Waals surface area contributed by atoms with Crippen molar-refractivity contribution >= 4 is 29.0 Å². The van der Waals surface area contributed by atoms with Crippen molar-refractivity contribution in [3.8, 4) is 0 Å². The zero-order chi connectivity index (χ0) is 7.84. The van der Waals surface area contributed by atoms with E-state index in [1.807, 2.05) is 0 Å². The molecule has 0 fully saturated rings. The monoisotopic (exact) mass is 169 g/mol. The van der Waals surface area contributed by atoms with Crippen molar-refractivity contribution in [2.24, 2.45) is 9.98 Å². The predicted molar refractivity (Wildman–Crippen MR) is 41.8 cm³/mol. The van der Waals surface area contributed by atoms with Crippen molar-refractivity contribution < 1.29 is 4.79 Å². The molecule has 1 unspecified atom stereocenters. The number of nitrogens with zero attached hydrogens (tertiary/aromatic N) is 2. The highest BCUT2D eigenvalue weighted by atomic mass is 35.5. The number of carbonyl (C=O) groups is 1. The molecule has 2 heterocycles. The Hall–Kier alpha value is -1.16. The highest BCUT2D eigenvalue weighted by molar-refractivity contribution is 6.66. The fraction of sp³-hybridized carbons (Fsp3) is 0.167. The number of amidine groups is 1. The summed E-state index contributed by atoms with van der Waals surface area (Å²) in [5, 5.41) is 2.49. The fourth-order valence-electron chi connectivity index (χ4n) is 0.973. The number of allylic oxidation sites excluding steroid dienone is 1. The normalized spacial score (nSPS) is 27.4. The lowest BCUT2D eigenvalue weighted by Gasteiger charge is -2.14. The number of fused-ring (bicyclic) bond motifs is 1. The summed E-state index contributed by atoms with van der Waals surface area (Å²) in [6, 6.07) is 0. The smallest absolute Gasteiger partial charge is 0.257 e. The van der Waals surface area contributed by atoms with Crippen LogP contribution < -0.4 is 5.32 Å². The summed E-state index contributed by atoms with van der Waals surface area (Å²) >= 11 is 5.50. The standard InChI is InChI=1S/C6H4ClN3O/c7-6-9-4-3(1-2-8-4)5(11)10-6/h1-2,4H,(H,9,10,11). The van der Waals surface area contributed by atoms with E-state index in [-0.39, 0.29) is 11.2 Å². The molecule has 4 nitrogen and oxygen atoms in total. The van der Waals surface area contributed by atoms with Crippen LogP contribution in [0.15, 0.2) is 21.6 Å². The van der Waals surface area contributed by atoms with Crippen LogP contribution in [0.4, 0.5) is 0 Å². The van der Waals surface area contributed by atoms with Crippen LogP contribution in [-0.4, -0.2) is 23.6 Å². The second-order valence-electron chi connectivity index (χ2n) is 2.17. The zero-order valence-corrected chi connectivity index (χ0v) is 6.17. The summed E-state index contributed by atoms with van der Waals surface area (Å²) in [7, 11) is 0. The molecule has 1 N–H and O–H groups in total. The second kappa shape index (κ2) is 2.17. The Labute approximate surface area is 67.7 Å². The first-order valence-corrected chi connectivity index (χ1v) is 3.43. The number of hydrogen-bond acceptors (Lipinski definition) is 3. The van der Waals surface area contributed by atoms with Gasteiger partial charge in [0.1, 0.15) is 0 Å². The number of hydrogen-bond donors (Lipinski definition) is 1. The molecule has 5 heteroatoms. The number of nitrogens with one attached hydrogen (secondary N) is 1. The Balaban J connectivity index is 2.42. The molecular formula is C6H4ClN3O.